The van der Waals surface area contributed by atoms with Gasteiger partial charge in [-0.05, 0) is 0 Å². The first-order valence-corrected chi connectivity index (χ1v) is 14.0. The minimum atomic E-state index is -2.09. The van der Waals surface area contributed by atoms with Crippen molar-refractivity contribution in [2.45, 2.75) is 117 Å². The van der Waals surface area contributed by atoms with Gasteiger partial charge in [-0.25, -0.2) is 0 Å². The predicted octanol–water partition coefficient (Wildman–Crippen LogP) is -10.1. The Morgan fingerprint density at radius 3 is 1.47 bits per heavy atom. The van der Waals surface area contributed by atoms with Crippen LogP contribution in [0.2, 0.25) is 0 Å². The fourth-order valence-corrected chi connectivity index (χ4v) is 5.13. The van der Waals surface area contributed by atoms with Crippen LogP contribution in [0.5, 0.6) is 0 Å². The standard InChI is InChI=1S/C24H44O21/c25-1-6(30)11(32)19(7(31)2-26)43-23-17(38)15(36)20(10(5-29)42-23)44-24-18(39)21(13(34)9(4-28)41-24)45-22-16(37)14(35)12(33)8(3-27)40-22/h6-39H,1-5H2/t6-,7+,8+,9+,10+,11+,12+,13+,14-,15+,16+,17+,18+,19+,20+,21-,22-,23-,24-/m0/s1. The summed E-state index contributed by atoms with van der Waals surface area (Å²) in [5.74, 6) is 0. The Bertz CT molecular complexity index is 869. The molecular formula is C24H44O21. The summed E-state index contributed by atoms with van der Waals surface area (Å²) in [4.78, 5) is 0. The molecule has 0 spiro atoms. The highest BCUT2D eigenvalue weighted by molar-refractivity contribution is 4.97. The number of ether oxygens (including phenoxy) is 6. The van der Waals surface area contributed by atoms with E-state index in [0.717, 1.165) is 0 Å². The Balaban J connectivity index is 1.78. The quantitative estimate of drug-likeness (QED) is 0.0816. The van der Waals surface area contributed by atoms with Gasteiger partial charge in [-0.15, -0.1) is 0 Å². The van der Waals surface area contributed by atoms with Gasteiger partial charge >= 0.3 is 0 Å². The molecule has 0 unspecified atom stereocenters. The molecule has 0 bridgehead atoms. The second kappa shape index (κ2) is 17.0. The molecule has 0 saturated carbocycles. The van der Waals surface area contributed by atoms with Crippen molar-refractivity contribution >= 4 is 0 Å². The monoisotopic (exact) mass is 668 g/mol. The smallest absolute Gasteiger partial charge is 0.187 e. The van der Waals surface area contributed by atoms with Gasteiger partial charge in [0.15, 0.2) is 18.9 Å². The summed E-state index contributed by atoms with van der Waals surface area (Å²) >= 11 is 0. The molecule has 15 N–H and O–H groups in total. The molecule has 19 atom stereocenters. The third kappa shape index (κ3) is 8.43. The van der Waals surface area contributed by atoms with Crippen LogP contribution in [0.4, 0.5) is 0 Å². The van der Waals surface area contributed by atoms with Crippen LogP contribution >= 0.6 is 0 Å². The molecule has 3 fully saturated rings. The van der Waals surface area contributed by atoms with Crippen molar-refractivity contribution in [1.82, 2.24) is 0 Å². The first-order chi connectivity index (χ1) is 21.2. The lowest BCUT2D eigenvalue weighted by atomic mass is 9.96. The van der Waals surface area contributed by atoms with Gasteiger partial charge in [0.25, 0.3) is 0 Å². The van der Waals surface area contributed by atoms with Crippen molar-refractivity contribution < 1.29 is 105 Å². The molecule has 21 heteroatoms. The average molecular weight is 669 g/mol. The lowest BCUT2D eigenvalue weighted by Gasteiger charge is -2.48. The normalized spacial score (nSPS) is 45.5. The summed E-state index contributed by atoms with van der Waals surface area (Å²) in [7, 11) is 0. The van der Waals surface area contributed by atoms with E-state index in [4.69, 9.17) is 33.5 Å². The van der Waals surface area contributed by atoms with Gasteiger partial charge < -0.3 is 105 Å². The van der Waals surface area contributed by atoms with Crippen LogP contribution in [0.1, 0.15) is 0 Å². The molecule has 45 heavy (non-hydrogen) atoms. The Hall–Kier alpha value is -0.840. The van der Waals surface area contributed by atoms with Crippen molar-refractivity contribution in [1.29, 1.82) is 0 Å². The van der Waals surface area contributed by atoms with E-state index in [-0.39, 0.29) is 0 Å². The van der Waals surface area contributed by atoms with Crippen LogP contribution in [0, 0.1) is 0 Å². The number of aliphatic hydroxyl groups is 15. The second-order valence-electron chi connectivity index (χ2n) is 10.9. The highest BCUT2D eigenvalue weighted by atomic mass is 16.8. The minimum Gasteiger partial charge on any atom is -0.394 e. The highest BCUT2D eigenvalue weighted by Gasteiger charge is 2.54. The molecule has 266 valence electrons. The summed E-state index contributed by atoms with van der Waals surface area (Å²) in [6, 6.07) is 0. The fraction of sp³-hybridized carbons (Fsp3) is 1.00. The van der Waals surface area contributed by atoms with E-state index in [2.05, 4.69) is 0 Å². The lowest BCUT2D eigenvalue weighted by Crippen LogP contribution is -2.67. The Morgan fingerprint density at radius 2 is 0.933 bits per heavy atom. The molecule has 0 amide bonds. The minimum absolute atomic E-state index is 0.815. The third-order valence-corrected chi connectivity index (χ3v) is 7.85. The molecule has 0 aromatic carbocycles. The van der Waals surface area contributed by atoms with E-state index in [0.29, 0.717) is 0 Å². The zero-order valence-electron chi connectivity index (χ0n) is 23.7. The molecule has 0 radical (unpaired) electrons. The summed E-state index contributed by atoms with van der Waals surface area (Å²) < 4.78 is 32.4. The summed E-state index contributed by atoms with van der Waals surface area (Å²) in [6.07, 6.45) is -35.1. The number of rotatable bonds is 14. The summed E-state index contributed by atoms with van der Waals surface area (Å²) in [6.45, 7) is -4.67. The first kappa shape index (κ1) is 38.6. The molecule has 3 heterocycles. The van der Waals surface area contributed by atoms with Gasteiger partial charge in [-0.1, -0.05) is 0 Å². The average Bonchev–Trinajstić information content (AvgIpc) is 3.04. The maximum atomic E-state index is 11.0. The number of aliphatic hydroxyl groups excluding tert-OH is 15. The van der Waals surface area contributed by atoms with E-state index in [9.17, 15) is 71.5 Å². The topological polar surface area (TPSA) is 359 Å². The van der Waals surface area contributed by atoms with Crippen molar-refractivity contribution in [3.05, 3.63) is 0 Å². The number of hydrogen-bond acceptors (Lipinski definition) is 21. The van der Waals surface area contributed by atoms with Gasteiger partial charge in [0.1, 0.15) is 97.7 Å². The molecular weight excluding hydrogens is 624 g/mol. The Labute approximate surface area is 255 Å². The zero-order chi connectivity index (χ0) is 33.7. The molecule has 3 aliphatic heterocycles. The highest BCUT2D eigenvalue weighted by Crippen LogP contribution is 2.33. The fourth-order valence-electron chi connectivity index (χ4n) is 5.13. The SMILES string of the molecule is OC[C@@H](O)[C@@H](O[C@@H]1O[C@H](CO)[C@@H](O[C@@H]2O[C@H](CO)[C@@H](O)[C@H](O[C@@H]3O[C@H](CO)[C@@H](O)[C@H](O)[C@H]3O)[C@H]2O)[C@H](O)[C@H]1O)[C@H](O)[C@@H](O)CO. The first-order valence-electron chi connectivity index (χ1n) is 14.0. The zero-order valence-corrected chi connectivity index (χ0v) is 23.7. The molecule has 0 aromatic rings. The predicted molar refractivity (Wildman–Crippen MR) is 136 cm³/mol. The van der Waals surface area contributed by atoms with Crippen LogP contribution in [0.25, 0.3) is 0 Å². The molecule has 0 aliphatic carbocycles. The third-order valence-electron chi connectivity index (χ3n) is 7.85. The van der Waals surface area contributed by atoms with Crippen LogP contribution in [0.3, 0.4) is 0 Å². The summed E-state index contributed by atoms with van der Waals surface area (Å²) in [5, 5.41) is 151. The van der Waals surface area contributed by atoms with Gasteiger partial charge in [-0.2, -0.15) is 0 Å². The van der Waals surface area contributed by atoms with E-state index in [1.807, 2.05) is 0 Å². The molecule has 3 rings (SSSR count). The van der Waals surface area contributed by atoms with Gasteiger partial charge in [-0.3, -0.25) is 0 Å². The van der Waals surface area contributed by atoms with Crippen molar-refractivity contribution in [2.24, 2.45) is 0 Å². The maximum Gasteiger partial charge on any atom is 0.187 e. The molecule has 0 aromatic heterocycles. The molecule has 3 saturated heterocycles. The van der Waals surface area contributed by atoms with Gasteiger partial charge in [0.2, 0.25) is 0 Å². The van der Waals surface area contributed by atoms with Crippen molar-refractivity contribution in [3.8, 4) is 0 Å². The van der Waals surface area contributed by atoms with E-state index in [1.165, 1.54) is 0 Å². The van der Waals surface area contributed by atoms with Crippen LogP contribution in [-0.4, -0.2) is 226 Å². The number of hydrogen-bond donors (Lipinski definition) is 15. The lowest BCUT2D eigenvalue weighted by molar-refractivity contribution is -0.384. The van der Waals surface area contributed by atoms with Crippen LogP contribution in [0.15, 0.2) is 0 Å². The van der Waals surface area contributed by atoms with Gasteiger partial charge in [0.05, 0.1) is 33.0 Å². The van der Waals surface area contributed by atoms with E-state index >= 15 is 0 Å². The second-order valence-corrected chi connectivity index (χ2v) is 10.9. The largest absolute Gasteiger partial charge is 0.394 e. The van der Waals surface area contributed by atoms with Crippen molar-refractivity contribution in [2.75, 3.05) is 33.0 Å². The van der Waals surface area contributed by atoms with E-state index in [1.54, 1.807) is 0 Å². The van der Waals surface area contributed by atoms with Gasteiger partial charge in [0, 0.05) is 0 Å². The van der Waals surface area contributed by atoms with Crippen LogP contribution in [-0.2, 0) is 28.4 Å². The molecule has 3 aliphatic rings. The maximum absolute atomic E-state index is 11.0. The Morgan fingerprint density at radius 1 is 0.467 bits per heavy atom. The van der Waals surface area contributed by atoms with E-state index < -0.39 is 150 Å². The Kier molecular flexibility index (Phi) is 14.6. The van der Waals surface area contributed by atoms with Crippen LogP contribution < -0.4 is 0 Å². The molecule has 21 nitrogen and oxygen atoms in total. The van der Waals surface area contributed by atoms with Crippen molar-refractivity contribution in [3.63, 3.8) is 0 Å². The summed E-state index contributed by atoms with van der Waals surface area (Å²) in [5.41, 5.74) is 0.